The first kappa shape index (κ1) is 9.40. The van der Waals surface area contributed by atoms with Gasteiger partial charge >= 0.3 is 0 Å². The van der Waals surface area contributed by atoms with Gasteiger partial charge in [-0.05, 0) is 38.3 Å². The molecule has 3 N–H and O–H groups in total. The standard InChI is InChI=1S/C10H16N4/c1-7-5-6-10(14-13-7)12-9-4-2-3-8(9)11/h5-6,8-9H,2-4,11H2,1H3,(H,12,14). The van der Waals surface area contributed by atoms with E-state index in [1.165, 1.54) is 6.42 Å². The Labute approximate surface area is 83.9 Å². The van der Waals surface area contributed by atoms with Gasteiger partial charge in [-0.1, -0.05) is 0 Å². The highest BCUT2D eigenvalue weighted by Crippen LogP contribution is 2.20. The Morgan fingerprint density at radius 1 is 1.36 bits per heavy atom. The Morgan fingerprint density at radius 3 is 2.79 bits per heavy atom. The Balaban J connectivity index is 2.00. The van der Waals surface area contributed by atoms with Crippen molar-refractivity contribution < 1.29 is 0 Å². The molecule has 0 aromatic carbocycles. The largest absolute Gasteiger partial charge is 0.364 e. The van der Waals surface area contributed by atoms with Gasteiger partial charge in [0, 0.05) is 12.1 Å². The van der Waals surface area contributed by atoms with Gasteiger partial charge in [0.2, 0.25) is 0 Å². The van der Waals surface area contributed by atoms with E-state index in [4.69, 9.17) is 5.73 Å². The third kappa shape index (κ3) is 2.01. The Bertz CT molecular complexity index is 295. The van der Waals surface area contributed by atoms with E-state index in [-0.39, 0.29) is 6.04 Å². The summed E-state index contributed by atoms with van der Waals surface area (Å²) >= 11 is 0. The van der Waals surface area contributed by atoms with Crippen LogP contribution in [-0.4, -0.2) is 22.3 Å². The lowest BCUT2D eigenvalue weighted by molar-refractivity contribution is 0.634. The molecule has 1 saturated carbocycles. The summed E-state index contributed by atoms with van der Waals surface area (Å²) in [6.45, 7) is 1.93. The summed E-state index contributed by atoms with van der Waals surface area (Å²) in [6.07, 6.45) is 3.45. The quantitative estimate of drug-likeness (QED) is 0.736. The third-order valence-corrected chi connectivity index (χ3v) is 2.70. The van der Waals surface area contributed by atoms with Crippen molar-refractivity contribution >= 4 is 5.82 Å². The third-order valence-electron chi connectivity index (χ3n) is 2.70. The highest BCUT2D eigenvalue weighted by Gasteiger charge is 2.23. The maximum Gasteiger partial charge on any atom is 0.148 e. The van der Waals surface area contributed by atoms with Gasteiger partial charge < -0.3 is 11.1 Å². The molecule has 4 nitrogen and oxygen atoms in total. The summed E-state index contributed by atoms with van der Waals surface area (Å²) in [5.74, 6) is 0.831. The predicted octanol–water partition coefficient (Wildman–Crippen LogP) is 1.08. The van der Waals surface area contributed by atoms with Crippen molar-refractivity contribution in [3.63, 3.8) is 0 Å². The van der Waals surface area contributed by atoms with E-state index >= 15 is 0 Å². The van der Waals surface area contributed by atoms with Gasteiger partial charge in [0.1, 0.15) is 5.82 Å². The second kappa shape index (κ2) is 3.92. The van der Waals surface area contributed by atoms with Crippen LogP contribution in [0.15, 0.2) is 12.1 Å². The fourth-order valence-corrected chi connectivity index (χ4v) is 1.83. The number of anilines is 1. The lowest BCUT2D eigenvalue weighted by Gasteiger charge is -2.17. The molecule has 0 spiro atoms. The molecule has 0 bridgehead atoms. The van der Waals surface area contributed by atoms with Crippen molar-refractivity contribution in [3.8, 4) is 0 Å². The van der Waals surface area contributed by atoms with E-state index < -0.39 is 0 Å². The highest BCUT2D eigenvalue weighted by atomic mass is 15.2. The van der Waals surface area contributed by atoms with Crippen LogP contribution in [0.4, 0.5) is 5.82 Å². The summed E-state index contributed by atoms with van der Waals surface area (Å²) in [5.41, 5.74) is 6.88. The predicted molar refractivity (Wildman–Crippen MR) is 56.0 cm³/mol. The number of aromatic nitrogens is 2. The first-order valence-electron chi connectivity index (χ1n) is 5.08. The SMILES string of the molecule is Cc1ccc(NC2CCCC2N)nn1. The molecule has 1 aliphatic rings. The summed E-state index contributed by atoms with van der Waals surface area (Å²) in [5, 5.41) is 11.4. The minimum Gasteiger partial charge on any atom is -0.364 e. The summed E-state index contributed by atoms with van der Waals surface area (Å²) in [4.78, 5) is 0. The van der Waals surface area contributed by atoms with Crippen LogP contribution in [0.1, 0.15) is 25.0 Å². The van der Waals surface area contributed by atoms with Crippen molar-refractivity contribution in [2.24, 2.45) is 5.73 Å². The number of nitrogens with one attached hydrogen (secondary N) is 1. The fourth-order valence-electron chi connectivity index (χ4n) is 1.83. The molecule has 2 atom stereocenters. The zero-order valence-electron chi connectivity index (χ0n) is 8.40. The number of hydrogen-bond donors (Lipinski definition) is 2. The fraction of sp³-hybridized carbons (Fsp3) is 0.600. The minimum absolute atomic E-state index is 0.262. The van der Waals surface area contributed by atoms with Gasteiger partial charge in [0.15, 0.2) is 0 Å². The molecule has 0 saturated heterocycles. The van der Waals surface area contributed by atoms with E-state index in [0.717, 1.165) is 24.4 Å². The molecule has 76 valence electrons. The van der Waals surface area contributed by atoms with Crippen molar-refractivity contribution in [1.82, 2.24) is 10.2 Å². The van der Waals surface area contributed by atoms with Gasteiger partial charge in [0.25, 0.3) is 0 Å². The van der Waals surface area contributed by atoms with Crippen molar-refractivity contribution in [2.75, 3.05) is 5.32 Å². The molecule has 1 heterocycles. The van der Waals surface area contributed by atoms with Crippen molar-refractivity contribution in [1.29, 1.82) is 0 Å². The summed E-state index contributed by atoms with van der Waals surface area (Å²) < 4.78 is 0. The van der Waals surface area contributed by atoms with E-state index in [9.17, 15) is 0 Å². The number of hydrogen-bond acceptors (Lipinski definition) is 4. The van der Waals surface area contributed by atoms with Crippen LogP contribution in [-0.2, 0) is 0 Å². The second-order valence-corrected chi connectivity index (χ2v) is 3.91. The topological polar surface area (TPSA) is 63.8 Å². The average Bonchev–Trinajstić information content (AvgIpc) is 2.56. The molecular weight excluding hydrogens is 176 g/mol. The summed E-state index contributed by atoms with van der Waals surface area (Å²) in [7, 11) is 0. The zero-order valence-corrected chi connectivity index (χ0v) is 8.40. The van der Waals surface area contributed by atoms with Gasteiger partial charge in [0.05, 0.1) is 5.69 Å². The highest BCUT2D eigenvalue weighted by molar-refractivity contribution is 5.35. The molecule has 2 unspecified atom stereocenters. The number of rotatable bonds is 2. The molecule has 2 rings (SSSR count). The number of nitrogens with zero attached hydrogens (tertiary/aromatic N) is 2. The molecular formula is C10H16N4. The Kier molecular flexibility index (Phi) is 2.63. The minimum atomic E-state index is 0.262. The number of aryl methyl sites for hydroxylation is 1. The van der Waals surface area contributed by atoms with E-state index in [2.05, 4.69) is 15.5 Å². The molecule has 14 heavy (non-hydrogen) atoms. The van der Waals surface area contributed by atoms with Crippen LogP contribution in [0.5, 0.6) is 0 Å². The van der Waals surface area contributed by atoms with E-state index in [1.54, 1.807) is 0 Å². The normalized spacial score (nSPS) is 26.4. The van der Waals surface area contributed by atoms with Crippen molar-refractivity contribution in [3.05, 3.63) is 17.8 Å². The zero-order chi connectivity index (χ0) is 9.97. The average molecular weight is 192 g/mol. The molecule has 0 radical (unpaired) electrons. The van der Waals surface area contributed by atoms with Crippen LogP contribution < -0.4 is 11.1 Å². The van der Waals surface area contributed by atoms with E-state index in [0.29, 0.717) is 6.04 Å². The molecule has 0 aliphatic heterocycles. The second-order valence-electron chi connectivity index (χ2n) is 3.91. The molecule has 1 aliphatic carbocycles. The lowest BCUT2D eigenvalue weighted by atomic mass is 10.2. The molecule has 1 fully saturated rings. The van der Waals surface area contributed by atoms with Crippen molar-refractivity contribution in [2.45, 2.75) is 38.3 Å². The van der Waals surface area contributed by atoms with Gasteiger partial charge in [-0.15, -0.1) is 5.10 Å². The molecule has 4 heteroatoms. The molecule has 0 amide bonds. The Hall–Kier alpha value is -1.16. The van der Waals surface area contributed by atoms with E-state index in [1.807, 2.05) is 19.1 Å². The van der Waals surface area contributed by atoms with Gasteiger partial charge in [-0.25, -0.2) is 0 Å². The molecule has 1 aromatic heterocycles. The smallest absolute Gasteiger partial charge is 0.148 e. The first-order valence-corrected chi connectivity index (χ1v) is 5.08. The monoisotopic (exact) mass is 192 g/mol. The van der Waals surface area contributed by atoms with Crippen LogP contribution in [0.3, 0.4) is 0 Å². The van der Waals surface area contributed by atoms with Gasteiger partial charge in [-0.2, -0.15) is 5.10 Å². The maximum absolute atomic E-state index is 5.95. The number of nitrogens with two attached hydrogens (primary N) is 1. The first-order chi connectivity index (χ1) is 6.75. The lowest BCUT2D eigenvalue weighted by Crippen LogP contribution is -2.35. The van der Waals surface area contributed by atoms with Crippen LogP contribution in [0.2, 0.25) is 0 Å². The summed E-state index contributed by atoms with van der Waals surface area (Å²) in [6, 6.07) is 4.54. The maximum atomic E-state index is 5.95. The van der Waals surface area contributed by atoms with Crippen LogP contribution >= 0.6 is 0 Å². The van der Waals surface area contributed by atoms with Crippen LogP contribution in [0, 0.1) is 6.92 Å². The van der Waals surface area contributed by atoms with Crippen LogP contribution in [0.25, 0.3) is 0 Å². The molecule has 1 aromatic rings. The van der Waals surface area contributed by atoms with Gasteiger partial charge in [-0.3, -0.25) is 0 Å². The Morgan fingerprint density at radius 2 is 2.21 bits per heavy atom.